The highest BCUT2D eigenvalue weighted by atomic mass is 79.9. The Kier molecular flexibility index (Phi) is 14.9. The van der Waals surface area contributed by atoms with E-state index in [-0.39, 0.29) is 6.10 Å². The van der Waals surface area contributed by atoms with Gasteiger partial charge in [-0.25, -0.2) is 4.79 Å². The molecule has 35 heavy (non-hydrogen) atoms. The van der Waals surface area contributed by atoms with E-state index in [0.717, 1.165) is 3.39 Å². The Morgan fingerprint density at radius 2 is 1.06 bits per heavy atom. The van der Waals surface area contributed by atoms with E-state index in [1.807, 2.05) is 6.08 Å². The SMILES string of the molecule is CCOC(=O)/C=C/[C@@H](O[Si](C)(C)C)[C@@H](O[Si](C)(C)C)[C@H](O[Si](C)(C)C)[C@@H](C=C(Br)Br)O[Si](C)(C)C. The minimum atomic E-state index is -2.08. The molecular weight excluding hydrogens is 644 g/mol. The number of hydrogen-bond acceptors (Lipinski definition) is 6. The van der Waals surface area contributed by atoms with Crippen LogP contribution in [-0.2, 0) is 27.2 Å². The van der Waals surface area contributed by atoms with E-state index < -0.39 is 57.6 Å². The second-order valence-corrected chi connectivity index (χ2v) is 33.0. The summed E-state index contributed by atoms with van der Waals surface area (Å²) >= 11 is 7.06. The molecule has 0 N–H and O–H groups in total. The smallest absolute Gasteiger partial charge is 0.330 e. The first-order valence-corrected chi connectivity index (χ1v) is 27.3. The van der Waals surface area contributed by atoms with Gasteiger partial charge in [0.15, 0.2) is 33.3 Å². The summed E-state index contributed by atoms with van der Waals surface area (Å²) in [6.07, 6.45) is 3.40. The van der Waals surface area contributed by atoms with E-state index in [1.54, 1.807) is 13.0 Å². The number of rotatable bonds is 15. The molecule has 0 aromatic heterocycles. The lowest BCUT2D eigenvalue weighted by molar-refractivity contribution is -0.137. The summed E-state index contributed by atoms with van der Waals surface area (Å²) < 4.78 is 32.9. The Hall–Kier alpha value is 0.618. The molecule has 0 saturated heterocycles. The van der Waals surface area contributed by atoms with Crippen molar-refractivity contribution in [3.05, 3.63) is 21.6 Å². The highest BCUT2D eigenvalue weighted by Gasteiger charge is 2.43. The van der Waals surface area contributed by atoms with Crippen LogP contribution >= 0.6 is 31.9 Å². The van der Waals surface area contributed by atoms with Crippen molar-refractivity contribution in [1.29, 1.82) is 0 Å². The molecule has 6 nitrogen and oxygen atoms in total. The molecular formula is C23H48Br2O6Si4. The van der Waals surface area contributed by atoms with Crippen molar-refractivity contribution in [2.45, 2.75) is 110 Å². The van der Waals surface area contributed by atoms with E-state index in [1.165, 1.54) is 6.08 Å². The van der Waals surface area contributed by atoms with Gasteiger partial charge in [-0.2, -0.15) is 0 Å². The largest absolute Gasteiger partial charge is 0.463 e. The number of carbonyl (C=O) groups excluding carboxylic acids is 1. The standard InChI is InChI=1S/C23H48Br2O6Si4/c1-14-27-21(26)16-15-18(28-32(2,3)4)22(30-34(8,9)10)23(31-35(11,12)13)19(17-20(24)25)29-33(5,6)7/h15-19,22-23H,14H2,1-13H3/b16-15+/t18-,19-,22-,23-/m1/s1. The normalized spacial score (nSPS) is 17.1. The maximum atomic E-state index is 12.2. The van der Waals surface area contributed by atoms with Gasteiger partial charge >= 0.3 is 5.97 Å². The van der Waals surface area contributed by atoms with Crippen molar-refractivity contribution in [3.8, 4) is 0 Å². The van der Waals surface area contributed by atoms with Gasteiger partial charge in [-0.05, 0) is 129 Å². The van der Waals surface area contributed by atoms with Crippen molar-refractivity contribution in [3.63, 3.8) is 0 Å². The molecule has 0 aliphatic heterocycles. The maximum Gasteiger partial charge on any atom is 0.330 e. The Bertz CT molecular complexity index is 717. The van der Waals surface area contributed by atoms with Crippen LogP contribution in [0.3, 0.4) is 0 Å². The zero-order valence-electron chi connectivity index (χ0n) is 24.0. The summed E-state index contributed by atoms with van der Waals surface area (Å²) in [5.41, 5.74) is 0. The molecule has 206 valence electrons. The molecule has 0 spiro atoms. The topological polar surface area (TPSA) is 63.2 Å². The number of esters is 1. The molecule has 0 saturated carbocycles. The Morgan fingerprint density at radius 1 is 0.686 bits per heavy atom. The average molecular weight is 693 g/mol. The van der Waals surface area contributed by atoms with Crippen LogP contribution < -0.4 is 0 Å². The van der Waals surface area contributed by atoms with Gasteiger partial charge in [0.05, 0.1) is 22.2 Å². The van der Waals surface area contributed by atoms with E-state index in [4.69, 9.17) is 22.4 Å². The van der Waals surface area contributed by atoms with Gasteiger partial charge in [-0.15, -0.1) is 0 Å². The third-order valence-electron chi connectivity index (χ3n) is 3.93. The van der Waals surface area contributed by atoms with Crippen molar-refractivity contribution in [2.75, 3.05) is 6.61 Å². The van der Waals surface area contributed by atoms with Gasteiger partial charge in [-0.3, -0.25) is 0 Å². The number of halogens is 2. The van der Waals surface area contributed by atoms with Crippen molar-refractivity contribution >= 4 is 71.1 Å². The molecule has 0 amide bonds. The minimum Gasteiger partial charge on any atom is -0.463 e. The lowest BCUT2D eigenvalue weighted by atomic mass is 10.0. The quantitative estimate of drug-likeness (QED) is 0.100. The molecule has 0 rings (SSSR count). The van der Waals surface area contributed by atoms with E-state index >= 15 is 0 Å². The molecule has 0 fully saturated rings. The molecule has 0 bridgehead atoms. The van der Waals surface area contributed by atoms with Gasteiger partial charge in [0.25, 0.3) is 0 Å². The first-order valence-electron chi connectivity index (χ1n) is 12.1. The Labute approximate surface area is 235 Å². The molecule has 12 heteroatoms. The van der Waals surface area contributed by atoms with Crippen LogP contribution in [0.5, 0.6) is 0 Å². The number of ether oxygens (including phenoxy) is 1. The van der Waals surface area contributed by atoms with Crippen LogP contribution in [0.15, 0.2) is 21.6 Å². The van der Waals surface area contributed by atoms with E-state index in [2.05, 4.69) is 110 Å². The molecule has 0 aliphatic rings. The first kappa shape index (κ1) is 35.6. The Balaban J connectivity index is 6.93. The zero-order valence-corrected chi connectivity index (χ0v) is 31.1. The minimum absolute atomic E-state index is 0.315. The third kappa shape index (κ3) is 18.5. The lowest BCUT2D eigenvalue weighted by Gasteiger charge is -2.44. The van der Waals surface area contributed by atoms with Crippen LogP contribution in [0.2, 0.25) is 78.6 Å². The molecule has 4 atom stereocenters. The van der Waals surface area contributed by atoms with E-state index in [9.17, 15) is 4.79 Å². The van der Waals surface area contributed by atoms with Gasteiger partial charge in [-0.1, -0.05) is 0 Å². The van der Waals surface area contributed by atoms with Crippen molar-refractivity contribution in [1.82, 2.24) is 0 Å². The van der Waals surface area contributed by atoms with Crippen LogP contribution in [0.25, 0.3) is 0 Å². The van der Waals surface area contributed by atoms with E-state index in [0.29, 0.717) is 6.61 Å². The summed E-state index contributed by atoms with van der Waals surface area (Å²) in [4.78, 5) is 12.2. The summed E-state index contributed by atoms with van der Waals surface area (Å²) in [6.45, 7) is 27.9. The summed E-state index contributed by atoms with van der Waals surface area (Å²) in [6, 6.07) is 0. The molecule has 0 aliphatic carbocycles. The average Bonchev–Trinajstić information content (AvgIpc) is 2.57. The molecule has 0 unspecified atom stereocenters. The maximum absolute atomic E-state index is 12.2. The Morgan fingerprint density at radius 3 is 1.40 bits per heavy atom. The number of hydrogen-bond donors (Lipinski definition) is 0. The number of carbonyl (C=O) groups is 1. The highest BCUT2D eigenvalue weighted by molar-refractivity contribution is 9.28. The fourth-order valence-corrected chi connectivity index (χ4v) is 7.91. The molecule has 0 aromatic carbocycles. The second-order valence-electron chi connectivity index (χ2n) is 12.3. The fraction of sp³-hybridized carbons (Fsp3) is 0.783. The highest BCUT2D eigenvalue weighted by Crippen LogP contribution is 2.30. The van der Waals surface area contributed by atoms with Crippen LogP contribution in [0.4, 0.5) is 0 Å². The van der Waals surface area contributed by atoms with Gasteiger partial charge < -0.3 is 22.4 Å². The molecule has 0 heterocycles. The van der Waals surface area contributed by atoms with Crippen molar-refractivity contribution < 1.29 is 27.2 Å². The summed E-state index contributed by atoms with van der Waals surface area (Å²) in [7, 11) is -8.16. The predicted octanol–water partition coefficient (Wildman–Crippen LogP) is 7.62. The molecule has 0 radical (unpaired) electrons. The lowest BCUT2D eigenvalue weighted by Crippen LogP contribution is -2.57. The first-order chi connectivity index (χ1) is 15.5. The third-order valence-corrected chi connectivity index (χ3v) is 8.37. The second kappa shape index (κ2) is 14.7. The van der Waals surface area contributed by atoms with Crippen LogP contribution in [-0.4, -0.2) is 70.3 Å². The van der Waals surface area contributed by atoms with Gasteiger partial charge in [0, 0.05) is 6.08 Å². The predicted molar refractivity (Wildman–Crippen MR) is 165 cm³/mol. The van der Waals surface area contributed by atoms with Crippen LogP contribution in [0.1, 0.15) is 6.92 Å². The summed E-state index contributed by atoms with van der Waals surface area (Å²) in [5.74, 6) is -0.399. The fourth-order valence-electron chi connectivity index (χ4n) is 3.17. The van der Waals surface area contributed by atoms with Crippen LogP contribution in [0, 0.1) is 0 Å². The monoisotopic (exact) mass is 690 g/mol. The van der Waals surface area contributed by atoms with Crippen molar-refractivity contribution in [2.24, 2.45) is 0 Å². The summed E-state index contributed by atoms with van der Waals surface area (Å²) in [5, 5.41) is 0. The van der Waals surface area contributed by atoms with Gasteiger partial charge in [0.1, 0.15) is 12.2 Å². The zero-order chi connectivity index (χ0) is 27.8. The molecule has 0 aromatic rings. The van der Waals surface area contributed by atoms with Gasteiger partial charge in [0.2, 0.25) is 0 Å².